The summed E-state index contributed by atoms with van der Waals surface area (Å²) in [6.07, 6.45) is 1.65. The molecular formula is C24H20ClN5O3. The van der Waals surface area contributed by atoms with Gasteiger partial charge in [-0.15, -0.1) is 0 Å². The van der Waals surface area contributed by atoms with Crippen LogP contribution in [0.15, 0.2) is 60.8 Å². The molecular weight excluding hydrogens is 442 g/mol. The van der Waals surface area contributed by atoms with Crippen LogP contribution in [0.5, 0.6) is 11.5 Å². The van der Waals surface area contributed by atoms with Gasteiger partial charge in [-0.25, -0.2) is 9.97 Å². The standard InChI is InChI=1S/C24H20ClN5O3/c1-32-21-12-16(11-17(25)22(21)33-14-15-5-3-2-4-6-15)23-26-8-7-18(28-23)19-13-20-24(31)27-9-10-30(20)29-19/h2-8,11-13H,9-10,14H2,1H3,(H,27,31). The number of amides is 1. The number of halogens is 1. The van der Waals surface area contributed by atoms with Gasteiger partial charge in [0.25, 0.3) is 5.91 Å². The summed E-state index contributed by atoms with van der Waals surface area (Å²) in [7, 11) is 1.56. The largest absolute Gasteiger partial charge is 0.493 e. The Morgan fingerprint density at radius 1 is 1.12 bits per heavy atom. The minimum atomic E-state index is -0.142. The number of hydrogen-bond acceptors (Lipinski definition) is 6. The Kier molecular flexibility index (Phi) is 5.66. The first-order chi connectivity index (χ1) is 16.1. The van der Waals surface area contributed by atoms with Gasteiger partial charge in [0.2, 0.25) is 0 Å². The fourth-order valence-electron chi connectivity index (χ4n) is 3.62. The van der Waals surface area contributed by atoms with Crippen LogP contribution in [0.4, 0.5) is 0 Å². The van der Waals surface area contributed by atoms with Crippen molar-refractivity contribution in [2.75, 3.05) is 13.7 Å². The van der Waals surface area contributed by atoms with Gasteiger partial charge in [0, 0.05) is 18.3 Å². The summed E-state index contributed by atoms with van der Waals surface area (Å²) in [6.45, 7) is 1.54. The molecule has 0 bridgehead atoms. The maximum atomic E-state index is 12.1. The van der Waals surface area contributed by atoms with Crippen LogP contribution in [0.3, 0.4) is 0 Å². The van der Waals surface area contributed by atoms with E-state index in [0.717, 1.165) is 5.56 Å². The van der Waals surface area contributed by atoms with Gasteiger partial charge in [-0.05, 0) is 29.8 Å². The Balaban J connectivity index is 1.45. The number of rotatable bonds is 6. The molecule has 0 unspecified atom stereocenters. The normalized spacial score (nSPS) is 12.7. The molecule has 1 N–H and O–H groups in total. The van der Waals surface area contributed by atoms with Crippen LogP contribution in [0.1, 0.15) is 16.1 Å². The first kappa shape index (κ1) is 21.0. The number of ether oxygens (including phenoxy) is 2. The number of nitrogens with one attached hydrogen (secondary N) is 1. The molecule has 33 heavy (non-hydrogen) atoms. The highest BCUT2D eigenvalue weighted by Crippen LogP contribution is 2.39. The second kappa shape index (κ2) is 8.91. The van der Waals surface area contributed by atoms with E-state index in [-0.39, 0.29) is 5.91 Å². The second-order valence-electron chi connectivity index (χ2n) is 7.42. The SMILES string of the molecule is COc1cc(-c2nccc(-c3cc4n(n3)CCNC4=O)n2)cc(Cl)c1OCc1ccccc1. The molecule has 0 spiro atoms. The van der Waals surface area contributed by atoms with E-state index >= 15 is 0 Å². The van der Waals surface area contributed by atoms with E-state index in [0.29, 0.717) is 64.7 Å². The van der Waals surface area contributed by atoms with Crippen LogP contribution in [-0.4, -0.2) is 39.3 Å². The van der Waals surface area contributed by atoms with Crippen LogP contribution >= 0.6 is 11.6 Å². The molecule has 3 heterocycles. The third-order valence-electron chi connectivity index (χ3n) is 5.25. The average molecular weight is 462 g/mol. The van der Waals surface area contributed by atoms with Gasteiger partial charge in [0.05, 0.1) is 24.4 Å². The summed E-state index contributed by atoms with van der Waals surface area (Å²) in [5.74, 6) is 1.25. The molecule has 166 valence electrons. The van der Waals surface area contributed by atoms with E-state index in [1.165, 1.54) is 0 Å². The number of fused-ring (bicyclic) bond motifs is 1. The topological polar surface area (TPSA) is 91.2 Å². The van der Waals surface area contributed by atoms with Crippen molar-refractivity contribution >= 4 is 17.5 Å². The minimum absolute atomic E-state index is 0.142. The first-order valence-corrected chi connectivity index (χ1v) is 10.7. The van der Waals surface area contributed by atoms with Gasteiger partial charge < -0.3 is 14.8 Å². The molecule has 0 fully saturated rings. The molecule has 1 aliphatic rings. The molecule has 4 aromatic rings. The Labute approximate surface area is 195 Å². The first-order valence-electron chi connectivity index (χ1n) is 10.4. The Morgan fingerprint density at radius 2 is 1.97 bits per heavy atom. The van der Waals surface area contributed by atoms with Crippen molar-refractivity contribution in [3.63, 3.8) is 0 Å². The summed E-state index contributed by atoms with van der Waals surface area (Å²) in [4.78, 5) is 21.1. The third kappa shape index (κ3) is 4.25. The molecule has 0 aliphatic carbocycles. The molecule has 9 heteroatoms. The van der Waals surface area contributed by atoms with Crippen molar-refractivity contribution in [2.45, 2.75) is 13.2 Å². The van der Waals surface area contributed by atoms with E-state index in [1.54, 1.807) is 42.3 Å². The fourth-order valence-corrected chi connectivity index (χ4v) is 3.89. The number of benzene rings is 2. The lowest BCUT2D eigenvalue weighted by Gasteiger charge is -2.14. The van der Waals surface area contributed by atoms with Gasteiger partial charge in [-0.3, -0.25) is 9.48 Å². The quantitative estimate of drug-likeness (QED) is 0.467. The monoisotopic (exact) mass is 461 g/mol. The van der Waals surface area contributed by atoms with Crippen molar-refractivity contribution in [1.82, 2.24) is 25.1 Å². The second-order valence-corrected chi connectivity index (χ2v) is 7.83. The summed E-state index contributed by atoms with van der Waals surface area (Å²) in [5, 5.41) is 7.72. The fraction of sp³-hybridized carbons (Fsp3) is 0.167. The van der Waals surface area contributed by atoms with Gasteiger partial charge in [-0.2, -0.15) is 5.10 Å². The number of carbonyl (C=O) groups is 1. The Morgan fingerprint density at radius 3 is 2.76 bits per heavy atom. The molecule has 8 nitrogen and oxygen atoms in total. The number of aromatic nitrogens is 4. The maximum absolute atomic E-state index is 12.1. The third-order valence-corrected chi connectivity index (χ3v) is 5.53. The van der Waals surface area contributed by atoms with E-state index in [4.69, 9.17) is 21.1 Å². The van der Waals surface area contributed by atoms with E-state index in [1.807, 2.05) is 30.3 Å². The number of nitrogens with zero attached hydrogens (tertiary/aromatic N) is 4. The molecule has 2 aromatic carbocycles. The summed E-state index contributed by atoms with van der Waals surface area (Å²) in [5.41, 5.74) is 3.42. The van der Waals surface area contributed by atoms with Crippen LogP contribution in [-0.2, 0) is 13.2 Å². The Bertz CT molecular complexity index is 1320. The highest BCUT2D eigenvalue weighted by atomic mass is 35.5. The zero-order valence-electron chi connectivity index (χ0n) is 17.8. The number of methoxy groups -OCH3 is 1. The molecule has 0 saturated heterocycles. The summed E-state index contributed by atoms with van der Waals surface area (Å²) < 4.78 is 13.2. The highest BCUT2D eigenvalue weighted by molar-refractivity contribution is 6.32. The van der Waals surface area contributed by atoms with Crippen LogP contribution in [0.2, 0.25) is 5.02 Å². The molecule has 0 atom stereocenters. The smallest absolute Gasteiger partial charge is 0.269 e. The van der Waals surface area contributed by atoms with E-state index in [2.05, 4.69) is 20.4 Å². The van der Waals surface area contributed by atoms with Crippen molar-refractivity contribution in [3.8, 4) is 34.3 Å². The minimum Gasteiger partial charge on any atom is -0.493 e. The van der Waals surface area contributed by atoms with Crippen LogP contribution in [0.25, 0.3) is 22.8 Å². The van der Waals surface area contributed by atoms with Gasteiger partial charge in [0.15, 0.2) is 17.3 Å². The molecule has 2 aromatic heterocycles. The van der Waals surface area contributed by atoms with E-state index < -0.39 is 0 Å². The van der Waals surface area contributed by atoms with Crippen molar-refractivity contribution in [3.05, 3.63) is 77.1 Å². The summed E-state index contributed by atoms with van der Waals surface area (Å²) >= 11 is 6.55. The lowest BCUT2D eigenvalue weighted by molar-refractivity contribution is 0.0924. The van der Waals surface area contributed by atoms with Crippen molar-refractivity contribution in [2.24, 2.45) is 0 Å². The van der Waals surface area contributed by atoms with Crippen LogP contribution < -0.4 is 14.8 Å². The van der Waals surface area contributed by atoms with Gasteiger partial charge in [-0.1, -0.05) is 41.9 Å². The average Bonchev–Trinajstić information content (AvgIpc) is 3.29. The lowest BCUT2D eigenvalue weighted by Crippen LogP contribution is -2.35. The maximum Gasteiger partial charge on any atom is 0.269 e. The predicted octanol–water partition coefficient (Wildman–Crippen LogP) is 3.99. The van der Waals surface area contributed by atoms with E-state index in [9.17, 15) is 4.79 Å². The number of carbonyl (C=O) groups excluding carboxylic acids is 1. The van der Waals surface area contributed by atoms with Crippen LogP contribution in [0, 0.1) is 0 Å². The molecule has 0 radical (unpaired) electrons. The lowest BCUT2D eigenvalue weighted by atomic mass is 10.1. The zero-order valence-corrected chi connectivity index (χ0v) is 18.5. The molecule has 0 saturated carbocycles. The molecule has 1 aliphatic heterocycles. The van der Waals surface area contributed by atoms with Crippen molar-refractivity contribution in [1.29, 1.82) is 0 Å². The molecule has 1 amide bonds. The number of hydrogen-bond donors (Lipinski definition) is 1. The summed E-state index contributed by atoms with van der Waals surface area (Å²) in [6, 6.07) is 16.8. The van der Waals surface area contributed by atoms with Gasteiger partial charge in [0.1, 0.15) is 18.0 Å². The van der Waals surface area contributed by atoms with Crippen molar-refractivity contribution < 1.29 is 14.3 Å². The van der Waals surface area contributed by atoms with Gasteiger partial charge >= 0.3 is 0 Å². The highest BCUT2D eigenvalue weighted by Gasteiger charge is 2.21. The predicted molar refractivity (Wildman–Crippen MR) is 123 cm³/mol. The molecule has 5 rings (SSSR count). The Hall–Kier alpha value is -3.91. The zero-order chi connectivity index (χ0) is 22.8.